The Hall–Kier alpha value is -7.44. The van der Waals surface area contributed by atoms with Crippen LogP contribution in [0.5, 0.6) is 23.0 Å². The minimum absolute atomic E-state index is 0.0666. The van der Waals surface area contributed by atoms with Gasteiger partial charge in [0.25, 0.3) is 0 Å². The van der Waals surface area contributed by atoms with Crippen LogP contribution in [0.15, 0.2) is 79.9 Å². The maximum Gasteiger partial charge on any atom is 0.171 e. The van der Waals surface area contributed by atoms with E-state index in [-0.39, 0.29) is 59.5 Å². The number of rotatable bonds is 16. The van der Waals surface area contributed by atoms with Crippen molar-refractivity contribution in [1.82, 2.24) is 50.1 Å². The number of halogens is 4. The van der Waals surface area contributed by atoms with Gasteiger partial charge in [-0.15, -0.1) is 0 Å². The summed E-state index contributed by atoms with van der Waals surface area (Å²) in [7, 11) is 3.98. The molecule has 2 aliphatic rings. The summed E-state index contributed by atoms with van der Waals surface area (Å²) in [5.74, 6) is -3.38. The van der Waals surface area contributed by atoms with Crippen molar-refractivity contribution >= 4 is 27.6 Å². The molecule has 18 heteroatoms. The van der Waals surface area contributed by atoms with Gasteiger partial charge in [-0.25, -0.2) is 37.5 Å². The predicted molar refractivity (Wildman–Crippen MR) is 256 cm³/mol. The third kappa shape index (κ3) is 9.35. The number of ether oxygens (including phenoxy) is 4. The van der Waals surface area contributed by atoms with Gasteiger partial charge in [-0.3, -0.25) is 9.97 Å². The fourth-order valence-corrected chi connectivity index (χ4v) is 9.36. The van der Waals surface area contributed by atoms with Gasteiger partial charge in [-0.1, -0.05) is 6.08 Å². The average Bonchev–Trinajstić information content (AvgIpc) is 4.01. The van der Waals surface area contributed by atoms with Crippen molar-refractivity contribution in [2.75, 3.05) is 60.7 Å². The van der Waals surface area contributed by atoms with Crippen molar-refractivity contribution in [2.24, 2.45) is 0 Å². The Labute approximate surface area is 400 Å². The van der Waals surface area contributed by atoms with Gasteiger partial charge in [0.05, 0.1) is 69.3 Å². The first-order valence-corrected chi connectivity index (χ1v) is 23.1. The molecule has 0 atom stereocenters. The van der Waals surface area contributed by atoms with E-state index in [2.05, 4.69) is 46.2 Å². The van der Waals surface area contributed by atoms with Crippen LogP contribution < -0.4 is 24.3 Å². The van der Waals surface area contributed by atoms with E-state index < -0.39 is 23.3 Å². The summed E-state index contributed by atoms with van der Waals surface area (Å²) in [6, 6.07) is 6.27. The average molecular weight is 955 g/mol. The van der Waals surface area contributed by atoms with Gasteiger partial charge in [-0.2, -0.15) is 0 Å². The Bertz CT molecular complexity index is 3210. The lowest BCUT2D eigenvalue weighted by atomic mass is 9.93. The van der Waals surface area contributed by atoms with Crippen molar-refractivity contribution in [3.63, 3.8) is 0 Å². The highest BCUT2D eigenvalue weighted by atomic mass is 19.1. The SMILES string of the molecule is COc1cc(OC)c(F)c(Cc2c[nH]c3ncc(-c4cncc(C5CCN(CCCOc6cc(OC)c(F)c(Cc7c[nH]c8ncc(-c9cncc(C%10=CCNCC%10)n9)cc78)c6F)CC5)n4)cc23)c1F. The van der Waals surface area contributed by atoms with E-state index in [1.807, 2.05) is 12.1 Å². The Morgan fingerprint density at radius 2 is 1.19 bits per heavy atom. The molecule has 0 radical (unpaired) electrons. The van der Waals surface area contributed by atoms with Gasteiger partial charge >= 0.3 is 0 Å². The molecule has 2 aromatic carbocycles. The summed E-state index contributed by atoms with van der Waals surface area (Å²) in [5.41, 5.74) is 7.65. The van der Waals surface area contributed by atoms with E-state index in [1.165, 1.54) is 33.5 Å². The van der Waals surface area contributed by atoms with Gasteiger partial charge in [0.15, 0.2) is 46.3 Å². The number of methoxy groups -OCH3 is 3. The molecule has 10 rings (SSSR count). The van der Waals surface area contributed by atoms with Crippen LogP contribution in [0.3, 0.4) is 0 Å². The molecule has 3 N–H and O–H groups in total. The molecule has 0 saturated carbocycles. The molecule has 14 nitrogen and oxygen atoms in total. The number of hydrogen-bond donors (Lipinski definition) is 3. The maximum absolute atomic E-state index is 16.2. The second-order valence-electron chi connectivity index (χ2n) is 17.4. The van der Waals surface area contributed by atoms with Crippen LogP contribution in [-0.2, 0) is 12.8 Å². The Morgan fingerprint density at radius 3 is 1.76 bits per heavy atom. The molecule has 0 aliphatic carbocycles. The number of nitrogens with zero attached hydrogens (tertiary/aromatic N) is 7. The minimum Gasteiger partial charge on any atom is -0.494 e. The minimum atomic E-state index is -0.792. The summed E-state index contributed by atoms with van der Waals surface area (Å²) < 4.78 is 84.2. The molecular formula is C52H50F4N10O4. The number of pyridine rings is 2. The van der Waals surface area contributed by atoms with Gasteiger partial charge in [0.1, 0.15) is 11.3 Å². The Morgan fingerprint density at radius 1 is 0.643 bits per heavy atom. The molecular weight excluding hydrogens is 905 g/mol. The van der Waals surface area contributed by atoms with Crippen LogP contribution in [0, 0.1) is 23.3 Å². The molecule has 70 heavy (non-hydrogen) atoms. The third-order valence-corrected chi connectivity index (χ3v) is 13.2. The maximum atomic E-state index is 16.2. The highest BCUT2D eigenvalue weighted by Crippen LogP contribution is 2.37. The van der Waals surface area contributed by atoms with E-state index in [0.717, 1.165) is 80.1 Å². The van der Waals surface area contributed by atoms with Crippen molar-refractivity contribution in [3.05, 3.63) is 137 Å². The third-order valence-electron chi connectivity index (χ3n) is 13.2. The zero-order chi connectivity index (χ0) is 48.3. The van der Waals surface area contributed by atoms with Crippen LogP contribution in [0.4, 0.5) is 17.6 Å². The Kier molecular flexibility index (Phi) is 13.4. The number of piperidine rings is 1. The fourth-order valence-electron chi connectivity index (χ4n) is 9.36. The first-order valence-electron chi connectivity index (χ1n) is 23.1. The van der Waals surface area contributed by atoms with Crippen LogP contribution in [0.2, 0.25) is 0 Å². The number of hydrogen-bond acceptors (Lipinski definition) is 12. The largest absolute Gasteiger partial charge is 0.494 e. The summed E-state index contributed by atoms with van der Waals surface area (Å²) in [4.78, 5) is 36.6. The molecule has 1 fully saturated rings. The molecule has 0 bridgehead atoms. The van der Waals surface area contributed by atoms with Gasteiger partial charge in [-0.05, 0) is 74.2 Å². The van der Waals surface area contributed by atoms with E-state index in [4.69, 9.17) is 28.9 Å². The van der Waals surface area contributed by atoms with Crippen molar-refractivity contribution in [1.29, 1.82) is 0 Å². The van der Waals surface area contributed by atoms with Crippen LogP contribution in [0.25, 0.3) is 50.2 Å². The summed E-state index contributed by atoms with van der Waals surface area (Å²) in [6.45, 7) is 4.22. The predicted octanol–water partition coefficient (Wildman–Crippen LogP) is 9.14. The molecule has 6 aromatic heterocycles. The molecule has 0 amide bonds. The fraction of sp³-hybridized carbons (Fsp3) is 0.308. The normalized spacial score (nSPS) is 14.6. The molecule has 1 saturated heterocycles. The summed E-state index contributed by atoms with van der Waals surface area (Å²) in [5, 5.41) is 4.72. The van der Waals surface area contributed by atoms with Gasteiger partial charge in [0, 0.05) is 108 Å². The smallest absolute Gasteiger partial charge is 0.171 e. The van der Waals surface area contributed by atoms with Crippen molar-refractivity contribution in [3.8, 4) is 45.5 Å². The number of fused-ring (bicyclic) bond motifs is 2. The molecule has 2 aliphatic heterocycles. The highest BCUT2D eigenvalue weighted by molar-refractivity contribution is 5.85. The van der Waals surface area contributed by atoms with Crippen molar-refractivity contribution < 1.29 is 36.5 Å². The number of likely N-dealkylation sites (tertiary alicyclic amines) is 1. The van der Waals surface area contributed by atoms with Gasteiger partial charge in [0.2, 0.25) is 0 Å². The number of benzene rings is 2. The number of aromatic nitrogens is 8. The van der Waals surface area contributed by atoms with E-state index in [9.17, 15) is 0 Å². The van der Waals surface area contributed by atoms with E-state index in [0.29, 0.717) is 51.0 Å². The summed E-state index contributed by atoms with van der Waals surface area (Å²) >= 11 is 0. The molecule has 0 unspecified atom stereocenters. The first-order chi connectivity index (χ1) is 34.2. The first kappa shape index (κ1) is 46.3. The topological polar surface area (TPSA) is 161 Å². The van der Waals surface area contributed by atoms with Crippen LogP contribution in [0.1, 0.15) is 65.2 Å². The quantitative estimate of drug-likeness (QED) is 0.0624. The van der Waals surface area contributed by atoms with Crippen molar-refractivity contribution in [2.45, 2.75) is 44.4 Å². The molecule has 8 aromatic rings. The monoisotopic (exact) mass is 954 g/mol. The number of H-pyrrole nitrogens is 2. The number of nitrogens with one attached hydrogen (secondary N) is 3. The number of aromatic amines is 2. The lowest BCUT2D eigenvalue weighted by Gasteiger charge is -2.31. The zero-order valence-corrected chi connectivity index (χ0v) is 38.8. The summed E-state index contributed by atoms with van der Waals surface area (Å²) in [6.07, 6.45) is 18.9. The molecule has 0 spiro atoms. The van der Waals surface area contributed by atoms with Crippen LogP contribution in [-0.4, -0.2) is 105 Å². The molecule has 360 valence electrons. The second-order valence-corrected chi connectivity index (χ2v) is 17.4. The van der Waals surface area contributed by atoms with E-state index >= 15 is 17.6 Å². The standard InChI is InChI=1S/C52H50F4N10O4/c1-67-43-19-44(68-2)48(54)37(47(43)53)15-31-21-60-51-35(31)18-34(24-63-51)42-28-59-26-40(65-42)30-7-12-66(13-8-30)11-4-14-70-46-20-45(69-3)49(55)38(50(46)56)16-32-22-61-52-36(32)17-33(23-62-52)41-27-58-25-39(64-41)29-5-9-57-10-6-29/h5,17-28,30,57H,4,6-16H2,1-3H3,(H,60,63)(H,61,62). The zero-order valence-electron chi connectivity index (χ0n) is 38.8. The second kappa shape index (κ2) is 20.3. The lowest BCUT2D eigenvalue weighted by molar-refractivity contribution is 0.190. The van der Waals surface area contributed by atoms with E-state index in [1.54, 1.807) is 49.6 Å². The highest BCUT2D eigenvalue weighted by Gasteiger charge is 2.26. The lowest BCUT2D eigenvalue weighted by Crippen LogP contribution is -2.34. The molecule has 8 heterocycles. The Balaban J connectivity index is 0.762. The van der Waals surface area contributed by atoms with Crippen LogP contribution >= 0.6 is 0 Å². The van der Waals surface area contributed by atoms with Gasteiger partial charge < -0.3 is 39.1 Å².